The fourth-order valence-electron chi connectivity index (χ4n) is 3.77. The number of piperazine rings is 1. The lowest BCUT2D eigenvalue weighted by molar-refractivity contribution is 0.0745. The van der Waals surface area contributed by atoms with Crippen molar-refractivity contribution >= 4 is 17.5 Å². The van der Waals surface area contributed by atoms with Crippen molar-refractivity contribution in [3.8, 4) is 11.5 Å². The van der Waals surface area contributed by atoms with Crippen LogP contribution < -0.4 is 14.4 Å². The van der Waals surface area contributed by atoms with Gasteiger partial charge >= 0.3 is 0 Å². The summed E-state index contributed by atoms with van der Waals surface area (Å²) in [7, 11) is 3.15. The Morgan fingerprint density at radius 1 is 1.00 bits per heavy atom. The molecule has 3 aromatic rings. The van der Waals surface area contributed by atoms with Crippen LogP contribution in [0.5, 0.6) is 11.5 Å². The van der Waals surface area contributed by atoms with E-state index in [2.05, 4.69) is 33.1 Å². The summed E-state index contributed by atoms with van der Waals surface area (Å²) in [6.45, 7) is 6.71. The molecule has 0 spiro atoms. The van der Waals surface area contributed by atoms with Gasteiger partial charge in [0.1, 0.15) is 23.1 Å². The van der Waals surface area contributed by atoms with Gasteiger partial charge in [-0.3, -0.25) is 9.20 Å². The molecule has 0 aliphatic carbocycles. The Kier molecular flexibility index (Phi) is 5.43. The van der Waals surface area contributed by atoms with Crippen LogP contribution >= 0.6 is 0 Å². The topological polar surface area (TPSA) is 85.1 Å². The number of carbonyl (C=O) groups excluding carboxylic acids is 1. The summed E-state index contributed by atoms with van der Waals surface area (Å²) in [5.41, 5.74) is 1.62. The standard InChI is InChI=1S/C21H26N6O3/c1-5-18-23-24-21-22-19(10-14(2)27(18)21)25-6-8-26(9-7-25)20(28)15-11-16(29-3)13-17(12-15)30-4/h10-13H,5-9H2,1-4H3. The predicted octanol–water partition coefficient (Wildman–Crippen LogP) is 1.97. The molecule has 0 bridgehead atoms. The number of carbonyl (C=O) groups is 1. The number of hydrogen-bond donors (Lipinski definition) is 0. The minimum Gasteiger partial charge on any atom is -0.497 e. The SMILES string of the molecule is CCc1nnc2nc(N3CCN(C(=O)c4cc(OC)cc(OC)c4)CC3)cc(C)n12. The van der Waals surface area contributed by atoms with Gasteiger partial charge in [0.25, 0.3) is 11.7 Å². The van der Waals surface area contributed by atoms with Crippen molar-refractivity contribution in [1.29, 1.82) is 0 Å². The normalized spacial score (nSPS) is 14.3. The van der Waals surface area contributed by atoms with Gasteiger partial charge in [-0.1, -0.05) is 6.92 Å². The minimum atomic E-state index is -0.0310. The molecule has 30 heavy (non-hydrogen) atoms. The molecule has 3 heterocycles. The third-order valence-electron chi connectivity index (χ3n) is 5.42. The van der Waals surface area contributed by atoms with Gasteiger partial charge in [-0.2, -0.15) is 4.98 Å². The molecule has 0 saturated carbocycles. The summed E-state index contributed by atoms with van der Waals surface area (Å²) in [6, 6.07) is 7.30. The van der Waals surface area contributed by atoms with Crippen molar-refractivity contribution in [2.45, 2.75) is 20.3 Å². The summed E-state index contributed by atoms with van der Waals surface area (Å²) < 4.78 is 12.6. The van der Waals surface area contributed by atoms with E-state index in [-0.39, 0.29) is 5.91 Å². The maximum atomic E-state index is 13.0. The van der Waals surface area contributed by atoms with E-state index in [4.69, 9.17) is 9.47 Å². The van der Waals surface area contributed by atoms with Crippen LogP contribution in [0.25, 0.3) is 5.78 Å². The number of ether oxygens (including phenoxy) is 2. The highest BCUT2D eigenvalue weighted by Crippen LogP contribution is 2.24. The average molecular weight is 410 g/mol. The first-order valence-electron chi connectivity index (χ1n) is 10.0. The largest absolute Gasteiger partial charge is 0.497 e. The first kappa shape index (κ1) is 19.9. The van der Waals surface area contributed by atoms with Gasteiger partial charge in [0.05, 0.1) is 14.2 Å². The number of nitrogens with zero attached hydrogens (tertiary/aromatic N) is 6. The molecule has 158 valence electrons. The number of hydrogen-bond acceptors (Lipinski definition) is 7. The lowest BCUT2D eigenvalue weighted by atomic mass is 10.1. The number of rotatable bonds is 5. The van der Waals surface area contributed by atoms with Crippen molar-refractivity contribution in [1.82, 2.24) is 24.5 Å². The first-order chi connectivity index (χ1) is 14.5. The zero-order valence-corrected chi connectivity index (χ0v) is 17.8. The average Bonchev–Trinajstić information content (AvgIpc) is 3.22. The Morgan fingerprint density at radius 3 is 2.27 bits per heavy atom. The van der Waals surface area contributed by atoms with Crippen LogP contribution in [0.3, 0.4) is 0 Å². The zero-order chi connectivity index (χ0) is 21.3. The van der Waals surface area contributed by atoms with Crippen LogP contribution in [-0.4, -0.2) is 70.8 Å². The van der Waals surface area contributed by atoms with Gasteiger partial charge < -0.3 is 19.3 Å². The smallest absolute Gasteiger partial charge is 0.257 e. The van der Waals surface area contributed by atoms with Gasteiger partial charge in [-0.25, -0.2) is 0 Å². The number of aryl methyl sites for hydroxylation is 2. The second kappa shape index (κ2) is 8.17. The van der Waals surface area contributed by atoms with Crippen molar-refractivity contribution in [3.63, 3.8) is 0 Å². The maximum Gasteiger partial charge on any atom is 0.257 e. The Hall–Kier alpha value is -3.36. The highest BCUT2D eigenvalue weighted by atomic mass is 16.5. The Labute approximate surface area is 175 Å². The molecule has 0 unspecified atom stereocenters. The molecule has 4 rings (SSSR count). The Morgan fingerprint density at radius 2 is 1.67 bits per heavy atom. The number of anilines is 1. The summed E-state index contributed by atoms with van der Waals surface area (Å²) >= 11 is 0. The van der Waals surface area contributed by atoms with Crippen LogP contribution in [0.15, 0.2) is 24.3 Å². The molecule has 9 nitrogen and oxygen atoms in total. The lowest BCUT2D eigenvalue weighted by Gasteiger charge is -2.35. The highest BCUT2D eigenvalue weighted by Gasteiger charge is 2.24. The molecule has 1 fully saturated rings. The van der Waals surface area contributed by atoms with Crippen LogP contribution in [0, 0.1) is 6.92 Å². The van der Waals surface area contributed by atoms with E-state index in [1.54, 1.807) is 32.4 Å². The fraction of sp³-hybridized carbons (Fsp3) is 0.429. The van der Waals surface area contributed by atoms with Crippen molar-refractivity contribution in [3.05, 3.63) is 41.3 Å². The van der Waals surface area contributed by atoms with Gasteiger partial charge in [0.15, 0.2) is 0 Å². The number of amides is 1. The summed E-state index contributed by atoms with van der Waals surface area (Å²) in [4.78, 5) is 21.7. The van der Waals surface area contributed by atoms with Crippen LogP contribution in [0.1, 0.15) is 28.8 Å². The fourth-order valence-corrected chi connectivity index (χ4v) is 3.77. The molecule has 0 atom stereocenters. The number of fused-ring (bicyclic) bond motifs is 1. The quantitative estimate of drug-likeness (QED) is 0.636. The van der Waals surface area contributed by atoms with E-state index >= 15 is 0 Å². The number of benzene rings is 1. The van der Waals surface area contributed by atoms with E-state index in [0.717, 1.165) is 23.8 Å². The number of methoxy groups -OCH3 is 2. The molecule has 9 heteroatoms. The second-order valence-corrected chi connectivity index (χ2v) is 7.24. The van der Waals surface area contributed by atoms with Crippen molar-refractivity contribution < 1.29 is 14.3 Å². The lowest BCUT2D eigenvalue weighted by Crippen LogP contribution is -2.49. The minimum absolute atomic E-state index is 0.0310. The number of aromatic nitrogens is 4. The van der Waals surface area contributed by atoms with Gasteiger partial charge in [0.2, 0.25) is 0 Å². The van der Waals surface area contributed by atoms with E-state index in [9.17, 15) is 4.79 Å². The molecular formula is C21H26N6O3. The summed E-state index contributed by atoms with van der Waals surface area (Å²) in [6.07, 6.45) is 0.804. The molecule has 0 N–H and O–H groups in total. The van der Waals surface area contributed by atoms with E-state index in [1.807, 2.05) is 16.2 Å². The zero-order valence-electron chi connectivity index (χ0n) is 17.8. The second-order valence-electron chi connectivity index (χ2n) is 7.24. The van der Waals surface area contributed by atoms with E-state index < -0.39 is 0 Å². The predicted molar refractivity (Wildman–Crippen MR) is 113 cm³/mol. The van der Waals surface area contributed by atoms with Crippen LogP contribution in [0.4, 0.5) is 5.82 Å². The van der Waals surface area contributed by atoms with E-state index in [1.165, 1.54) is 0 Å². The molecule has 1 aliphatic rings. The summed E-state index contributed by atoms with van der Waals surface area (Å²) in [5.74, 6) is 3.56. The van der Waals surface area contributed by atoms with Crippen molar-refractivity contribution in [2.24, 2.45) is 0 Å². The molecule has 1 amide bonds. The Bertz CT molecular complexity index is 1050. The highest BCUT2D eigenvalue weighted by molar-refractivity contribution is 5.95. The molecule has 1 aromatic carbocycles. The van der Waals surface area contributed by atoms with Gasteiger partial charge in [0, 0.05) is 56.0 Å². The molecule has 1 saturated heterocycles. The van der Waals surface area contributed by atoms with Crippen molar-refractivity contribution in [2.75, 3.05) is 45.3 Å². The van der Waals surface area contributed by atoms with E-state index in [0.29, 0.717) is 49.0 Å². The van der Waals surface area contributed by atoms with Gasteiger partial charge in [-0.15, -0.1) is 10.2 Å². The molecule has 2 aromatic heterocycles. The Balaban J connectivity index is 1.49. The third-order valence-corrected chi connectivity index (χ3v) is 5.42. The summed E-state index contributed by atoms with van der Waals surface area (Å²) in [5, 5.41) is 8.42. The van der Waals surface area contributed by atoms with Crippen LogP contribution in [0.2, 0.25) is 0 Å². The maximum absolute atomic E-state index is 13.0. The van der Waals surface area contributed by atoms with Gasteiger partial charge in [-0.05, 0) is 19.1 Å². The molecule has 0 radical (unpaired) electrons. The third kappa shape index (κ3) is 3.62. The molecule has 1 aliphatic heterocycles. The monoisotopic (exact) mass is 410 g/mol. The molecular weight excluding hydrogens is 384 g/mol. The van der Waals surface area contributed by atoms with Crippen LogP contribution in [-0.2, 0) is 6.42 Å². The first-order valence-corrected chi connectivity index (χ1v) is 10.0.